The van der Waals surface area contributed by atoms with E-state index in [9.17, 15) is 0 Å². The maximum Gasteiger partial charge on any atom is 0.0827 e. The van der Waals surface area contributed by atoms with Crippen LogP contribution in [-0.4, -0.2) is 22.4 Å². The number of hydrogen-bond acceptors (Lipinski definition) is 3. The van der Waals surface area contributed by atoms with Crippen LogP contribution in [-0.2, 0) is 7.05 Å². The Hall–Kier alpha value is -1.03. The highest BCUT2D eigenvalue weighted by Gasteiger charge is 2.27. The zero-order chi connectivity index (χ0) is 11.7. The van der Waals surface area contributed by atoms with E-state index in [0.717, 1.165) is 12.2 Å². The molecule has 16 heavy (non-hydrogen) atoms. The molecule has 0 spiro atoms. The van der Waals surface area contributed by atoms with Crippen molar-refractivity contribution < 1.29 is 0 Å². The van der Waals surface area contributed by atoms with Crippen molar-refractivity contribution in [1.29, 1.82) is 0 Å². The fourth-order valence-corrected chi connectivity index (χ4v) is 2.68. The Morgan fingerprint density at radius 2 is 2.19 bits per heavy atom. The highest BCUT2D eigenvalue weighted by Crippen LogP contribution is 2.29. The lowest BCUT2D eigenvalue weighted by Gasteiger charge is -2.20. The Morgan fingerprint density at radius 1 is 1.44 bits per heavy atom. The summed E-state index contributed by atoms with van der Waals surface area (Å²) in [5.41, 5.74) is 9.29. The van der Waals surface area contributed by atoms with Crippen LogP contribution in [0.3, 0.4) is 0 Å². The quantitative estimate of drug-likeness (QED) is 0.816. The summed E-state index contributed by atoms with van der Waals surface area (Å²) in [7, 11) is 1.99. The van der Waals surface area contributed by atoms with Gasteiger partial charge in [0.25, 0.3) is 0 Å². The Balaban J connectivity index is 2.14. The van der Waals surface area contributed by atoms with Crippen molar-refractivity contribution in [3.63, 3.8) is 0 Å². The summed E-state index contributed by atoms with van der Waals surface area (Å²) in [6.07, 6.45) is 3.78. The molecule has 0 saturated heterocycles. The molecule has 0 aliphatic heterocycles. The van der Waals surface area contributed by atoms with Gasteiger partial charge in [0.2, 0.25) is 0 Å². The summed E-state index contributed by atoms with van der Waals surface area (Å²) in [5, 5.41) is 8.06. The third-order valence-electron chi connectivity index (χ3n) is 3.80. The summed E-state index contributed by atoms with van der Waals surface area (Å²) in [6, 6.07) is 0.534. The van der Waals surface area contributed by atoms with Crippen molar-refractivity contribution in [3.05, 3.63) is 11.4 Å². The van der Waals surface area contributed by atoms with Gasteiger partial charge in [-0.05, 0) is 39.2 Å². The van der Waals surface area contributed by atoms with E-state index in [-0.39, 0.29) is 0 Å². The van der Waals surface area contributed by atoms with Gasteiger partial charge < -0.3 is 11.1 Å². The minimum Gasteiger partial charge on any atom is -0.379 e. The molecule has 0 bridgehead atoms. The normalized spacial score (nSPS) is 25.0. The number of nitrogens with one attached hydrogen (secondary N) is 1. The van der Waals surface area contributed by atoms with Crippen LogP contribution in [0.4, 0.5) is 5.69 Å². The fourth-order valence-electron chi connectivity index (χ4n) is 2.68. The van der Waals surface area contributed by atoms with E-state index in [1.165, 1.54) is 30.6 Å². The second kappa shape index (κ2) is 4.45. The monoisotopic (exact) mass is 222 g/mol. The second-order valence-corrected chi connectivity index (χ2v) is 4.85. The van der Waals surface area contributed by atoms with Crippen LogP contribution < -0.4 is 11.1 Å². The third-order valence-corrected chi connectivity index (χ3v) is 3.80. The third kappa shape index (κ3) is 1.94. The molecule has 1 fully saturated rings. The lowest BCUT2D eigenvalue weighted by Crippen LogP contribution is -2.29. The van der Waals surface area contributed by atoms with E-state index < -0.39 is 0 Å². The minimum absolute atomic E-state index is 0.534. The van der Waals surface area contributed by atoms with E-state index in [1.807, 2.05) is 11.7 Å². The van der Waals surface area contributed by atoms with Gasteiger partial charge in [0.1, 0.15) is 0 Å². The molecule has 90 valence electrons. The molecule has 1 aromatic heterocycles. The van der Waals surface area contributed by atoms with Gasteiger partial charge in [-0.25, -0.2) is 0 Å². The zero-order valence-electron chi connectivity index (χ0n) is 10.5. The molecule has 1 aliphatic carbocycles. The maximum atomic E-state index is 5.80. The average Bonchev–Trinajstić information content (AvgIpc) is 2.79. The van der Waals surface area contributed by atoms with Crippen LogP contribution in [0.2, 0.25) is 0 Å². The molecular formula is C12H22N4. The highest BCUT2D eigenvalue weighted by molar-refractivity contribution is 5.52. The zero-order valence-corrected chi connectivity index (χ0v) is 10.5. The highest BCUT2D eigenvalue weighted by atomic mass is 15.3. The molecule has 2 atom stereocenters. The lowest BCUT2D eigenvalue weighted by atomic mass is 10.0. The molecule has 4 heteroatoms. The molecule has 0 aromatic carbocycles. The largest absolute Gasteiger partial charge is 0.379 e. The topological polar surface area (TPSA) is 55.9 Å². The second-order valence-electron chi connectivity index (χ2n) is 4.85. The molecule has 1 saturated carbocycles. The number of rotatable bonds is 3. The smallest absolute Gasteiger partial charge is 0.0827 e. The molecule has 4 nitrogen and oxygen atoms in total. The van der Waals surface area contributed by atoms with Crippen LogP contribution in [0.5, 0.6) is 0 Å². The van der Waals surface area contributed by atoms with Crippen LogP contribution in [0, 0.1) is 19.8 Å². The van der Waals surface area contributed by atoms with Gasteiger partial charge in [0.15, 0.2) is 0 Å². The molecule has 2 rings (SSSR count). The van der Waals surface area contributed by atoms with Gasteiger partial charge in [-0.1, -0.05) is 6.42 Å². The first-order valence-corrected chi connectivity index (χ1v) is 6.10. The summed E-state index contributed by atoms with van der Waals surface area (Å²) < 4.78 is 1.93. The van der Waals surface area contributed by atoms with Crippen LogP contribution >= 0.6 is 0 Å². The van der Waals surface area contributed by atoms with Gasteiger partial charge in [0.05, 0.1) is 17.1 Å². The number of hydrogen-bond donors (Lipinski definition) is 2. The number of anilines is 1. The molecule has 2 unspecified atom stereocenters. The van der Waals surface area contributed by atoms with Crippen LogP contribution in [0.15, 0.2) is 0 Å². The molecule has 0 radical (unpaired) electrons. The van der Waals surface area contributed by atoms with Gasteiger partial charge >= 0.3 is 0 Å². The first-order chi connectivity index (χ1) is 7.63. The lowest BCUT2D eigenvalue weighted by molar-refractivity contribution is 0.516. The van der Waals surface area contributed by atoms with E-state index in [2.05, 4.69) is 24.3 Å². The van der Waals surface area contributed by atoms with Crippen molar-refractivity contribution in [1.82, 2.24) is 9.78 Å². The van der Waals surface area contributed by atoms with E-state index in [4.69, 9.17) is 5.73 Å². The van der Waals surface area contributed by atoms with Gasteiger partial charge in [-0.2, -0.15) is 5.10 Å². The van der Waals surface area contributed by atoms with Crippen molar-refractivity contribution in [3.8, 4) is 0 Å². The molecule has 3 N–H and O–H groups in total. The van der Waals surface area contributed by atoms with Crippen LogP contribution in [0.1, 0.15) is 30.7 Å². The molecule has 1 aromatic rings. The Morgan fingerprint density at radius 3 is 2.75 bits per heavy atom. The Bertz CT molecular complexity index is 369. The first kappa shape index (κ1) is 11.5. The fraction of sp³-hybridized carbons (Fsp3) is 0.750. The molecule has 1 aliphatic rings. The van der Waals surface area contributed by atoms with E-state index in [1.54, 1.807) is 0 Å². The minimum atomic E-state index is 0.534. The van der Waals surface area contributed by atoms with E-state index >= 15 is 0 Å². The summed E-state index contributed by atoms with van der Waals surface area (Å²) in [5.74, 6) is 0.624. The molecule has 1 heterocycles. The Kier molecular flexibility index (Phi) is 3.19. The predicted molar refractivity (Wildman–Crippen MR) is 66.5 cm³/mol. The average molecular weight is 222 g/mol. The standard InChI is InChI=1S/C12H22N4/c1-8-12(9(2)16(3)15-8)14-11-6-4-5-10(11)7-13/h10-11,14H,4-7,13H2,1-3H3. The molecular weight excluding hydrogens is 200 g/mol. The maximum absolute atomic E-state index is 5.80. The van der Waals surface area contributed by atoms with Gasteiger partial charge in [-0.15, -0.1) is 0 Å². The van der Waals surface area contributed by atoms with Crippen LogP contribution in [0.25, 0.3) is 0 Å². The van der Waals surface area contributed by atoms with E-state index in [0.29, 0.717) is 12.0 Å². The number of aromatic nitrogens is 2. The van der Waals surface area contributed by atoms with Crippen molar-refractivity contribution in [2.75, 3.05) is 11.9 Å². The number of aryl methyl sites for hydroxylation is 2. The van der Waals surface area contributed by atoms with Gasteiger partial charge in [-0.3, -0.25) is 4.68 Å². The summed E-state index contributed by atoms with van der Waals surface area (Å²) >= 11 is 0. The molecule has 0 amide bonds. The number of nitrogens with zero attached hydrogens (tertiary/aromatic N) is 2. The first-order valence-electron chi connectivity index (χ1n) is 6.10. The van der Waals surface area contributed by atoms with Crippen molar-refractivity contribution in [2.45, 2.75) is 39.2 Å². The summed E-state index contributed by atoms with van der Waals surface area (Å²) in [4.78, 5) is 0. The van der Waals surface area contributed by atoms with Crippen molar-refractivity contribution in [2.24, 2.45) is 18.7 Å². The van der Waals surface area contributed by atoms with Crippen molar-refractivity contribution >= 4 is 5.69 Å². The summed E-state index contributed by atoms with van der Waals surface area (Å²) in [6.45, 7) is 4.95. The SMILES string of the molecule is Cc1nn(C)c(C)c1NC1CCCC1CN. The Labute approximate surface area is 97.2 Å². The van der Waals surface area contributed by atoms with Gasteiger partial charge in [0, 0.05) is 13.1 Å². The number of nitrogens with two attached hydrogens (primary N) is 1. The predicted octanol–water partition coefficient (Wildman–Crippen LogP) is 1.58.